The smallest absolute Gasteiger partial charge is 0.326 e. The van der Waals surface area contributed by atoms with Crippen molar-refractivity contribution in [1.82, 2.24) is 0 Å². The molecule has 216 valence electrons. The zero-order chi connectivity index (χ0) is 29.9. The minimum Gasteiger partial charge on any atom is -0.494 e. The summed E-state index contributed by atoms with van der Waals surface area (Å²) in [6, 6.07) is 30.1. The van der Waals surface area contributed by atoms with Crippen molar-refractivity contribution in [1.29, 1.82) is 0 Å². The van der Waals surface area contributed by atoms with Gasteiger partial charge in [-0.05, 0) is 54.8 Å². The Morgan fingerprint density at radius 3 is 2.21 bits per heavy atom. The maximum Gasteiger partial charge on any atom is 0.326 e. The summed E-state index contributed by atoms with van der Waals surface area (Å²) in [6.45, 7) is 4.84. The molecule has 42 heavy (non-hydrogen) atoms. The molecular weight excluding hydrogens is 528 g/mol. The Kier molecular flexibility index (Phi) is 10.5. The molecule has 0 heterocycles. The first-order valence-corrected chi connectivity index (χ1v) is 14.1. The van der Waals surface area contributed by atoms with E-state index in [1.807, 2.05) is 73.3 Å². The highest BCUT2D eigenvalue weighted by atomic mass is 16.5. The first-order chi connectivity index (χ1) is 20.4. The van der Waals surface area contributed by atoms with Crippen LogP contribution in [0.5, 0.6) is 5.75 Å². The van der Waals surface area contributed by atoms with Crippen LogP contribution >= 0.6 is 0 Å². The lowest BCUT2D eigenvalue weighted by Crippen LogP contribution is -2.32. The van der Waals surface area contributed by atoms with Gasteiger partial charge in [-0.2, -0.15) is 0 Å². The van der Waals surface area contributed by atoms with Crippen LogP contribution in [0.15, 0.2) is 103 Å². The van der Waals surface area contributed by atoms with Crippen molar-refractivity contribution in [3.05, 3.63) is 125 Å². The number of hydrogen-bond donors (Lipinski definition) is 2. The van der Waals surface area contributed by atoms with Gasteiger partial charge in [-0.25, -0.2) is 4.79 Å². The summed E-state index contributed by atoms with van der Waals surface area (Å²) in [7, 11) is 0. The van der Waals surface area contributed by atoms with Crippen molar-refractivity contribution in [2.45, 2.75) is 39.2 Å². The van der Waals surface area contributed by atoms with E-state index in [2.05, 4.69) is 5.32 Å². The molecule has 4 rings (SSSR count). The number of carboxylic acid groups (broad SMARTS) is 1. The van der Waals surface area contributed by atoms with Gasteiger partial charge in [0.05, 0.1) is 6.61 Å². The molecule has 7 nitrogen and oxygen atoms in total. The molecular formula is C35H36N2O5. The fourth-order valence-electron chi connectivity index (χ4n) is 4.75. The number of ether oxygens (including phenoxy) is 1. The van der Waals surface area contributed by atoms with Crippen molar-refractivity contribution >= 4 is 29.0 Å². The van der Waals surface area contributed by atoms with Crippen LogP contribution in [0.3, 0.4) is 0 Å². The number of amides is 1. The summed E-state index contributed by atoms with van der Waals surface area (Å²) in [5.74, 6) is -0.452. The van der Waals surface area contributed by atoms with Crippen LogP contribution in [-0.2, 0) is 16.0 Å². The van der Waals surface area contributed by atoms with E-state index < -0.39 is 12.0 Å². The highest BCUT2D eigenvalue weighted by molar-refractivity contribution is 6.12. The maximum atomic E-state index is 13.1. The van der Waals surface area contributed by atoms with Crippen LogP contribution in [-0.4, -0.2) is 42.0 Å². The van der Waals surface area contributed by atoms with Crippen LogP contribution in [0.25, 0.3) is 0 Å². The molecule has 0 spiro atoms. The molecule has 0 aliphatic rings. The first kappa shape index (κ1) is 30.1. The highest BCUT2D eigenvalue weighted by Gasteiger charge is 2.21. The molecule has 0 aliphatic carbocycles. The number of ketones is 1. The van der Waals surface area contributed by atoms with E-state index >= 15 is 0 Å². The van der Waals surface area contributed by atoms with Gasteiger partial charge in [-0.1, -0.05) is 79.7 Å². The van der Waals surface area contributed by atoms with E-state index in [1.165, 1.54) is 0 Å². The quantitative estimate of drug-likeness (QED) is 0.133. The van der Waals surface area contributed by atoms with Gasteiger partial charge in [0.15, 0.2) is 5.78 Å². The molecule has 2 N–H and O–H groups in total. The Morgan fingerprint density at radius 2 is 1.52 bits per heavy atom. The second-order valence-electron chi connectivity index (χ2n) is 10.0. The number of carbonyl (C=O) groups excluding carboxylic acids is 2. The van der Waals surface area contributed by atoms with E-state index in [0.717, 1.165) is 16.8 Å². The molecule has 0 bridgehead atoms. The third-order valence-corrected chi connectivity index (χ3v) is 7.00. The molecule has 1 atom stereocenters. The van der Waals surface area contributed by atoms with Crippen LogP contribution in [0.2, 0.25) is 0 Å². The van der Waals surface area contributed by atoms with Gasteiger partial charge < -0.3 is 20.1 Å². The molecule has 0 saturated heterocycles. The summed E-state index contributed by atoms with van der Waals surface area (Å²) in [5.41, 5.74) is 4.21. The number of benzene rings is 4. The zero-order valence-corrected chi connectivity index (χ0v) is 24.0. The Balaban J connectivity index is 1.35. The van der Waals surface area contributed by atoms with E-state index in [1.54, 1.807) is 48.5 Å². The Labute approximate surface area is 246 Å². The number of aryl methyl sites for hydroxylation is 1. The third kappa shape index (κ3) is 7.85. The molecule has 1 unspecified atom stereocenters. The van der Waals surface area contributed by atoms with Gasteiger partial charge in [0.2, 0.25) is 5.91 Å². The van der Waals surface area contributed by atoms with E-state index in [0.29, 0.717) is 48.6 Å². The second-order valence-corrected chi connectivity index (χ2v) is 10.0. The Morgan fingerprint density at radius 1 is 0.857 bits per heavy atom. The van der Waals surface area contributed by atoms with E-state index in [4.69, 9.17) is 4.74 Å². The van der Waals surface area contributed by atoms with Gasteiger partial charge in [0.25, 0.3) is 0 Å². The molecule has 4 aromatic rings. The molecule has 0 aliphatic heterocycles. The number of carbonyl (C=O) groups is 3. The largest absolute Gasteiger partial charge is 0.494 e. The minimum atomic E-state index is -1.02. The van der Waals surface area contributed by atoms with Crippen molar-refractivity contribution in [2.75, 3.05) is 23.4 Å². The lowest BCUT2D eigenvalue weighted by Gasteiger charge is -2.24. The number of carboxylic acids is 1. The normalized spacial score (nSPS) is 11.4. The van der Waals surface area contributed by atoms with Gasteiger partial charge in [-0.15, -0.1) is 0 Å². The van der Waals surface area contributed by atoms with Gasteiger partial charge >= 0.3 is 5.97 Å². The highest BCUT2D eigenvalue weighted by Crippen LogP contribution is 2.23. The molecule has 0 radical (unpaired) electrons. The van der Waals surface area contributed by atoms with Crippen molar-refractivity contribution in [3.63, 3.8) is 0 Å². The SMILES string of the molecule is CCC(=O)N(CCCOc1ccc(CC(Nc2ccccc2C(=O)c2ccccc2)C(=O)O)cc1)c1ccccc1C. The monoisotopic (exact) mass is 564 g/mol. The van der Waals surface area contributed by atoms with Crippen LogP contribution in [0, 0.1) is 6.92 Å². The van der Waals surface area contributed by atoms with Gasteiger partial charge in [0.1, 0.15) is 11.8 Å². The molecule has 0 fully saturated rings. The minimum absolute atomic E-state index is 0.0716. The summed E-state index contributed by atoms with van der Waals surface area (Å²) in [6.07, 6.45) is 1.31. The summed E-state index contributed by atoms with van der Waals surface area (Å²) >= 11 is 0. The fourth-order valence-corrected chi connectivity index (χ4v) is 4.75. The zero-order valence-electron chi connectivity index (χ0n) is 24.0. The van der Waals surface area contributed by atoms with Crippen LogP contribution in [0.1, 0.15) is 46.8 Å². The predicted octanol–water partition coefficient (Wildman–Crippen LogP) is 6.55. The summed E-state index contributed by atoms with van der Waals surface area (Å²) in [5, 5.41) is 13.0. The predicted molar refractivity (Wildman–Crippen MR) is 165 cm³/mol. The molecule has 4 aromatic carbocycles. The van der Waals surface area contributed by atoms with Crippen molar-refractivity contribution in [3.8, 4) is 5.75 Å². The second kappa shape index (κ2) is 14.6. The summed E-state index contributed by atoms with van der Waals surface area (Å²) < 4.78 is 5.92. The average Bonchev–Trinajstić information content (AvgIpc) is 3.02. The Bertz CT molecular complexity index is 1500. The van der Waals surface area contributed by atoms with Crippen molar-refractivity contribution in [2.24, 2.45) is 0 Å². The number of nitrogens with one attached hydrogen (secondary N) is 1. The van der Waals surface area contributed by atoms with E-state index in [9.17, 15) is 19.5 Å². The number of rotatable bonds is 14. The number of hydrogen-bond acceptors (Lipinski definition) is 5. The first-order valence-electron chi connectivity index (χ1n) is 14.1. The Hall–Kier alpha value is -4.91. The molecule has 0 aromatic heterocycles. The topological polar surface area (TPSA) is 95.9 Å². The van der Waals surface area contributed by atoms with E-state index in [-0.39, 0.29) is 18.1 Å². The number of aliphatic carboxylic acids is 1. The fraction of sp³-hybridized carbons (Fsp3) is 0.229. The van der Waals surface area contributed by atoms with Gasteiger partial charge in [-0.3, -0.25) is 9.59 Å². The summed E-state index contributed by atoms with van der Waals surface area (Å²) in [4.78, 5) is 39.6. The van der Waals surface area contributed by atoms with Crippen molar-refractivity contribution < 1.29 is 24.2 Å². The standard InChI is InChI=1S/C35H36N2O5/c1-3-33(38)37(32-17-10-7-12-25(32)2)22-11-23-42-28-20-18-26(19-21-28)24-31(35(40)41)36-30-16-9-8-15-29(30)34(39)27-13-5-4-6-14-27/h4-10,12-21,31,36H,3,11,22-24H2,1-2H3,(H,40,41). The number of nitrogens with zero attached hydrogens (tertiary/aromatic N) is 1. The van der Waals surface area contributed by atoms with Gasteiger partial charge in [0, 0.05) is 41.9 Å². The number of para-hydroxylation sites is 2. The van der Waals surface area contributed by atoms with Crippen LogP contribution < -0.4 is 15.0 Å². The molecule has 0 saturated carbocycles. The molecule has 7 heteroatoms. The number of anilines is 2. The van der Waals surface area contributed by atoms with Crippen LogP contribution in [0.4, 0.5) is 11.4 Å². The lowest BCUT2D eigenvalue weighted by atomic mass is 10.00. The third-order valence-electron chi connectivity index (χ3n) is 7.00. The lowest BCUT2D eigenvalue weighted by molar-refractivity contribution is -0.137. The molecule has 1 amide bonds. The maximum absolute atomic E-state index is 13.1. The average molecular weight is 565 g/mol.